The summed E-state index contributed by atoms with van der Waals surface area (Å²) in [5.74, 6) is -0.249. The van der Waals surface area contributed by atoms with E-state index in [2.05, 4.69) is 38.7 Å². The van der Waals surface area contributed by atoms with Crippen molar-refractivity contribution in [2.24, 2.45) is 5.92 Å². The third kappa shape index (κ3) is 4.93. The third-order valence-corrected chi connectivity index (χ3v) is 4.79. The van der Waals surface area contributed by atoms with Crippen LogP contribution in [-0.2, 0) is 9.53 Å². The van der Waals surface area contributed by atoms with E-state index in [0.29, 0.717) is 12.0 Å². The lowest BCUT2D eigenvalue weighted by Crippen LogP contribution is -2.17. The molecule has 1 fully saturated rings. The van der Waals surface area contributed by atoms with Crippen LogP contribution in [0.1, 0.15) is 52.4 Å². The van der Waals surface area contributed by atoms with Crippen molar-refractivity contribution in [2.75, 3.05) is 6.61 Å². The largest absolute Gasteiger partial charge is 0.458 e. The molecule has 1 unspecified atom stereocenters. The van der Waals surface area contributed by atoms with Crippen LogP contribution in [0.2, 0.25) is 0 Å². The lowest BCUT2D eigenvalue weighted by molar-refractivity contribution is -0.139. The molecule has 0 radical (unpaired) electrons. The predicted octanol–water partition coefficient (Wildman–Crippen LogP) is 4.25. The second-order valence-corrected chi connectivity index (χ2v) is 6.71. The van der Waals surface area contributed by atoms with Gasteiger partial charge in [0.05, 0.1) is 6.61 Å². The summed E-state index contributed by atoms with van der Waals surface area (Å²) >= 11 is 0. The molecular formula is C20H28O3. The molecule has 0 amide bonds. The lowest BCUT2D eigenvalue weighted by atomic mass is 9.88. The number of aliphatic hydroxyl groups excluding tert-OH is 1. The van der Waals surface area contributed by atoms with Crippen LogP contribution >= 0.6 is 0 Å². The van der Waals surface area contributed by atoms with Gasteiger partial charge in [0.25, 0.3) is 0 Å². The Morgan fingerprint density at radius 2 is 1.87 bits per heavy atom. The molecule has 1 aliphatic heterocycles. The average Bonchev–Trinajstić information content (AvgIpc) is 2.76. The molecule has 3 heteroatoms. The molecule has 126 valence electrons. The van der Waals surface area contributed by atoms with Crippen molar-refractivity contribution in [3.63, 3.8) is 0 Å². The number of fused-ring (bicyclic) bond motifs is 1. The molecule has 0 aromatic rings. The van der Waals surface area contributed by atoms with Gasteiger partial charge in [0, 0.05) is 17.9 Å². The van der Waals surface area contributed by atoms with Crippen LogP contribution in [0.4, 0.5) is 0 Å². The number of carbonyl (C=O) groups excluding carboxylic acids is 1. The quantitative estimate of drug-likeness (QED) is 0.447. The molecule has 2 atom stereocenters. The third-order valence-electron chi connectivity index (χ3n) is 4.79. The molecular weight excluding hydrogens is 288 g/mol. The smallest absolute Gasteiger partial charge is 0.334 e. The van der Waals surface area contributed by atoms with Crippen molar-refractivity contribution in [3.05, 3.63) is 47.1 Å². The molecule has 2 rings (SSSR count). The van der Waals surface area contributed by atoms with Gasteiger partial charge < -0.3 is 9.84 Å². The standard InChI is InChI=1S/C20H28O3/c1-14-6-4-8-15(2)12-19-18(16(3)20(22)23-19)11-10-17(13-21)9-5-7-14/h7-8,10,18-19,21H,3-6,9,11-13H2,1-2H3/b14-7+,15-8+,17-10-/t18-,19?/m0/s1. The Morgan fingerprint density at radius 1 is 1.17 bits per heavy atom. The number of hydrogen-bond acceptors (Lipinski definition) is 3. The van der Waals surface area contributed by atoms with Gasteiger partial charge >= 0.3 is 5.97 Å². The minimum atomic E-state index is -0.270. The topological polar surface area (TPSA) is 46.5 Å². The average molecular weight is 316 g/mol. The van der Waals surface area contributed by atoms with Crippen LogP contribution < -0.4 is 0 Å². The van der Waals surface area contributed by atoms with E-state index in [4.69, 9.17) is 4.74 Å². The van der Waals surface area contributed by atoms with Gasteiger partial charge in [-0.25, -0.2) is 4.79 Å². The lowest BCUT2D eigenvalue weighted by Gasteiger charge is -2.17. The van der Waals surface area contributed by atoms with Crippen LogP contribution in [0.15, 0.2) is 47.1 Å². The summed E-state index contributed by atoms with van der Waals surface area (Å²) in [4.78, 5) is 11.9. The van der Waals surface area contributed by atoms with Crippen LogP contribution in [-0.4, -0.2) is 23.8 Å². The summed E-state index contributed by atoms with van der Waals surface area (Å²) < 4.78 is 5.52. The van der Waals surface area contributed by atoms with Gasteiger partial charge in [-0.15, -0.1) is 0 Å². The molecule has 3 nitrogen and oxygen atoms in total. The maximum Gasteiger partial charge on any atom is 0.334 e. The summed E-state index contributed by atoms with van der Waals surface area (Å²) in [6, 6.07) is 0. The fraction of sp³-hybridized carbons (Fsp3) is 0.550. The van der Waals surface area contributed by atoms with Crippen molar-refractivity contribution < 1.29 is 14.6 Å². The van der Waals surface area contributed by atoms with Gasteiger partial charge in [0.2, 0.25) is 0 Å². The van der Waals surface area contributed by atoms with Crippen molar-refractivity contribution in [2.45, 2.75) is 58.5 Å². The molecule has 0 spiro atoms. The zero-order valence-electron chi connectivity index (χ0n) is 14.3. The first-order chi connectivity index (χ1) is 11.0. The van der Waals surface area contributed by atoms with Crippen LogP contribution in [0.25, 0.3) is 0 Å². The summed E-state index contributed by atoms with van der Waals surface area (Å²) in [5.41, 5.74) is 4.25. The highest BCUT2D eigenvalue weighted by atomic mass is 16.6. The summed E-state index contributed by atoms with van der Waals surface area (Å²) in [6.45, 7) is 8.25. The number of hydrogen-bond donors (Lipinski definition) is 1. The maximum atomic E-state index is 11.9. The Bertz CT molecular complexity index is 551. The Morgan fingerprint density at radius 3 is 2.61 bits per heavy atom. The fourth-order valence-electron chi connectivity index (χ4n) is 3.24. The number of esters is 1. The van der Waals surface area contributed by atoms with E-state index in [1.807, 2.05) is 0 Å². The molecule has 0 aromatic carbocycles. The van der Waals surface area contributed by atoms with Gasteiger partial charge in [0.1, 0.15) is 6.10 Å². The second-order valence-electron chi connectivity index (χ2n) is 6.71. The number of aliphatic hydroxyl groups is 1. The van der Waals surface area contributed by atoms with Crippen LogP contribution in [0.3, 0.4) is 0 Å². The van der Waals surface area contributed by atoms with E-state index in [0.717, 1.165) is 37.7 Å². The Balaban J connectivity index is 2.22. The van der Waals surface area contributed by atoms with Crippen molar-refractivity contribution >= 4 is 5.97 Å². The van der Waals surface area contributed by atoms with E-state index in [1.165, 1.54) is 11.1 Å². The van der Waals surface area contributed by atoms with E-state index in [9.17, 15) is 9.90 Å². The fourth-order valence-corrected chi connectivity index (χ4v) is 3.24. The molecule has 1 heterocycles. The molecule has 1 aliphatic carbocycles. The predicted molar refractivity (Wildman–Crippen MR) is 92.9 cm³/mol. The second kappa shape index (κ2) is 8.30. The molecule has 1 N–H and O–H groups in total. The zero-order chi connectivity index (χ0) is 16.8. The van der Waals surface area contributed by atoms with Gasteiger partial charge in [0.15, 0.2) is 0 Å². The molecule has 0 saturated carbocycles. The summed E-state index contributed by atoms with van der Waals surface area (Å²) in [7, 11) is 0. The highest BCUT2D eigenvalue weighted by Gasteiger charge is 2.37. The van der Waals surface area contributed by atoms with Gasteiger partial charge in [-0.3, -0.25) is 0 Å². The molecule has 0 bridgehead atoms. The number of rotatable bonds is 1. The van der Waals surface area contributed by atoms with Crippen LogP contribution in [0.5, 0.6) is 0 Å². The minimum absolute atomic E-state index is 0.0209. The van der Waals surface area contributed by atoms with Gasteiger partial charge in [-0.1, -0.05) is 36.0 Å². The first-order valence-corrected chi connectivity index (χ1v) is 8.51. The maximum absolute atomic E-state index is 11.9. The first-order valence-electron chi connectivity index (χ1n) is 8.51. The van der Waals surface area contributed by atoms with Crippen LogP contribution in [0, 0.1) is 5.92 Å². The molecule has 2 aliphatic rings. The monoisotopic (exact) mass is 316 g/mol. The van der Waals surface area contributed by atoms with E-state index >= 15 is 0 Å². The van der Waals surface area contributed by atoms with Crippen molar-refractivity contribution in [1.29, 1.82) is 0 Å². The summed E-state index contributed by atoms with van der Waals surface area (Å²) in [5, 5.41) is 9.54. The Hall–Kier alpha value is -1.61. The van der Waals surface area contributed by atoms with E-state index in [-0.39, 0.29) is 24.6 Å². The summed E-state index contributed by atoms with van der Waals surface area (Å²) in [6.07, 6.45) is 11.8. The zero-order valence-corrected chi connectivity index (χ0v) is 14.3. The number of carbonyl (C=O) groups is 1. The van der Waals surface area contributed by atoms with Crippen molar-refractivity contribution in [3.8, 4) is 0 Å². The van der Waals surface area contributed by atoms with Crippen molar-refractivity contribution in [1.82, 2.24) is 0 Å². The molecule has 23 heavy (non-hydrogen) atoms. The van der Waals surface area contributed by atoms with E-state index < -0.39 is 0 Å². The SMILES string of the molecule is C=C1C(=O)OC2C/C(C)=C/CC/C(C)=C/CC/C(CO)=C/C[C@@H]12. The normalized spacial score (nSPS) is 34.1. The minimum Gasteiger partial charge on any atom is -0.458 e. The van der Waals surface area contributed by atoms with Gasteiger partial charge in [-0.2, -0.15) is 0 Å². The highest BCUT2D eigenvalue weighted by Crippen LogP contribution is 2.34. The van der Waals surface area contributed by atoms with E-state index in [1.54, 1.807) is 0 Å². The van der Waals surface area contributed by atoms with Gasteiger partial charge in [-0.05, 0) is 51.5 Å². The Kier molecular flexibility index (Phi) is 6.40. The molecule has 0 aromatic heterocycles. The first kappa shape index (κ1) is 17.7. The number of ether oxygens (including phenoxy) is 1. The number of allylic oxidation sites excluding steroid dienone is 4. The highest BCUT2D eigenvalue weighted by molar-refractivity contribution is 5.90. The Labute approximate surface area is 139 Å². The molecule has 1 saturated heterocycles.